The molecule has 1 atom stereocenters. The number of likely N-dealkylation sites (tertiary alicyclic amines) is 1. The first-order valence-corrected chi connectivity index (χ1v) is 6.34. The van der Waals surface area contributed by atoms with Crippen molar-refractivity contribution in [2.75, 3.05) is 26.8 Å². The van der Waals surface area contributed by atoms with Gasteiger partial charge >= 0.3 is 0 Å². The number of carbonyl (C=O) groups excluding carboxylic acids is 1. The number of carbonyl (C=O) groups is 1. The minimum Gasteiger partial charge on any atom is -0.385 e. The second-order valence-corrected chi connectivity index (χ2v) is 5.45. The number of primary sulfonamides is 1. The van der Waals surface area contributed by atoms with Gasteiger partial charge in [0.25, 0.3) is 0 Å². The Hall–Kier alpha value is -0.660. The highest BCUT2D eigenvalue weighted by Crippen LogP contribution is 2.16. The highest BCUT2D eigenvalue weighted by molar-refractivity contribution is 7.89. The molecule has 1 unspecified atom stereocenters. The first kappa shape index (κ1) is 12.4. The van der Waals surface area contributed by atoms with Crippen molar-refractivity contribution in [3.63, 3.8) is 0 Å². The Morgan fingerprint density at radius 3 is 2.73 bits per heavy atom. The molecule has 15 heavy (non-hydrogen) atoms. The largest absolute Gasteiger partial charge is 0.385 e. The van der Waals surface area contributed by atoms with E-state index in [1.807, 2.05) is 0 Å². The fraction of sp³-hybridized carbons (Fsp3) is 0.875. The molecule has 0 aliphatic carbocycles. The van der Waals surface area contributed by atoms with Crippen LogP contribution < -0.4 is 5.14 Å². The Morgan fingerprint density at radius 2 is 2.27 bits per heavy atom. The maximum absolute atomic E-state index is 11.4. The molecule has 1 fully saturated rings. The molecule has 0 bridgehead atoms. The smallest absolute Gasteiger partial charge is 0.224 e. The number of hydrogen-bond acceptors (Lipinski definition) is 4. The van der Waals surface area contributed by atoms with Gasteiger partial charge in [0, 0.05) is 33.2 Å². The van der Waals surface area contributed by atoms with Crippen LogP contribution in [-0.4, -0.2) is 51.3 Å². The summed E-state index contributed by atoms with van der Waals surface area (Å²) >= 11 is 0. The third-order valence-corrected chi connectivity index (χ3v) is 3.67. The standard InChI is InChI=1S/C8H16N2O4S/c1-14-4-2-3-10-6-7(5-8(10)11)15(9,12)13/h7H,2-6H2,1H3,(H2,9,12,13). The number of nitrogens with two attached hydrogens (primary N) is 1. The van der Waals surface area contributed by atoms with Gasteiger partial charge in [-0.15, -0.1) is 0 Å². The van der Waals surface area contributed by atoms with E-state index in [-0.39, 0.29) is 18.9 Å². The zero-order valence-electron chi connectivity index (χ0n) is 8.68. The van der Waals surface area contributed by atoms with Gasteiger partial charge in [0.05, 0.1) is 0 Å². The molecule has 1 rings (SSSR count). The lowest BCUT2D eigenvalue weighted by atomic mass is 10.4. The summed E-state index contributed by atoms with van der Waals surface area (Å²) in [6, 6.07) is 0. The zero-order valence-corrected chi connectivity index (χ0v) is 9.50. The lowest BCUT2D eigenvalue weighted by Gasteiger charge is -2.15. The van der Waals surface area contributed by atoms with Crippen molar-refractivity contribution in [1.29, 1.82) is 0 Å². The van der Waals surface area contributed by atoms with Crippen LogP contribution in [0, 0.1) is 0 Å². The van der Waals surface area contributed by atoms with E-state index in [9.17, 15) is 13.2 Å². The number of methoxy groups -OCH3 is 1. The van der Waals surface area contributed by atoms with E-state index < -0.39 is 15.3 Å². The van der Waals surface area contributed by atoms with E-state index in [1.54, 1.807) is 7.11 Å². The average Bonchev–Trinajstić information content (AvgIpc) is 2.48. The summed E-state index contributed by atoms with van der Waals surface area (Å²) in [6.45, 7) is 1.30. The summed E-state index contributed by atoms with van der Waals surface area (Å²) in [5, 5.41) is 4.25. The number of amides is 1. The maximum atomic E-state index is 11.4. The number of hydrogen-bond donors (Lipinski definition) is 1. The number of rotatable bonds is 5. The SMILES string of the molecule is COCCCN1CC(S(N)(=O)=O)CC1=O. The third-order valence-electron chi connectivity index (χ3n) is 2.42. The summed E-state index contributed by atoms with van der Waals surface area (Å²) < 4.78 is 26.9. The van der Waals surface area contributed by atoms with Crippen LogP contribution in [0.5, 0.6) is 0 Å². The molecular formula is C8H16N2O4S. The topological polar surface area (TPSA) is 89.7 Å². The third kappa shape index (κ3) is 3.44. The molecule has 1 aliphatic heterocycles. The van der Waals surface area contributed by atoms with Gasteiger partial charge in [-0.2, -0.15) is 0 Å². The van der Waals surface area contributed by atoms with Crippen molar-refractivity contribution < 1.29 is 17.9 Å². The molecule has 7 heteroatoms. The van der Waals surface area contributed by atoms with Gasteiger partial charge in [-0.25, -0.2) is 13.6 Å². The molecule has 6 nitrogen and oxygen atoms in total. The molecule has 1 saturated heterocycles. The molecule has 0 saturated carbocycles. The Balaban J connectivity index is 2.46. The van der Waals surface area contributed by atoms with E-state index in [0.29, 0.717) is 19.6 Å². The van der Waals surface area contributed by atoms with E-state index in [0.717, 1.165) is 0 Å². The Morgan fingerprint density at radius 1 is 1.60 bits per heavy atom. The molecule has 88 valence electrons. The zero-order chi connectivity index (χ0) is 11.5. The van der Waals surface area contributed by atoms with E-state index >= 15 is 0 Å². The van der Waals surface area contributed by atoms with Crippen molar-refractivity contribution in [3.05, 3.63) is 0 Å². The van der Waals surface area contributed by atoms with E-state index in [1.165, 1.54) is 4.90 Å². The van der Waals surface area contributed by atoms with Crippen LogP contribution in [0.25, 0.3) is 0 Å². The van der Waals surface area contributed by atoms with Crippen LogP contribution in [-0.2, 0) is 19.6 Å². The summed E-state index contributed by atoms with van der Waals surface area (Å²) in [5.74, 6) is -0.148. The van der Waals surface area contributed by atoms with Gasteiger partial charge in [-0.3, -0.25) is 4.79 Å². The van der Waals surface area contributed by atoms with Crippen LogP contribution in [0.1, 0.15) is 12.8 Å². The van der Waals surface area contributed by atoms with Gasteiger partial charge in [0.2, 0.25) is 15.9 Å². The van der Waals surface area contributed by atoms with Gasteiger partial charge in [0.1, 0.15) is 5.25 Å². The second-order valence-electron chi connectivity index (χ2n) is 3.60. The van der Waals surface area contributed by atoms with E-state index in [4.69, 9.17) is 9.88 Å². The number of ether oxygens (including phenoxy) is 1. The van der Waals surface area contributed by atoms with Crippen molar-refractivity contribution in [1.82, 2.24) is 4.90 Å². The fourth-order valence-electron chi connectivity index (χ4n) is 1.57. The van der Waals surface area contributed by atoms with Gasteiger partial charge in [-0.05, 0) is 6.42 Å². The number of sulfonamides is 1. The molecule has 0 aromatic heterocycles. The van der Waals surface area contributed by atoms with Crippen LogP contribution in [0.15, 0.2) is 0 Å². The van der Waals surface area contributed by atoms with E-state index in [2.05, 4.69) is 0 Å². The Bertz CT molecular complexity index is 328. The minimum atomic E-state index is -3.59. The van der Waals surface area contributed by atoms with Crippen LogP contribution >= 0.6 is 0 Å². The molecule has 2 N–H and O–H groups in total. The quantitative estimate of drug-likeness (QED) is 0.614. The van der Waals surface area contributed by atoms with Crippen LogP contribution in [0.3, 0.4) is 0 Å². The monoisotopic (exact) mass is 236 g/mol. The predicted octanol–water partition coefficient (Wildman–Crippen LogP) is -1.09. The first-order chi connectivity index (χ1) is 6.95. The Labute approximate surface area is 89.4 Å². The lowest BCUT2D eigenvalue weighted by molar-refractivity contribution is -0.127. The molecule has 0 aromatic carbocycles. The molecule has 1 amide bonds. The number of nitrogens with zero attached hydrogens (tertiary/aromatic N) is 1. The van der Waals surface area contributed by atoms with Crippen LogP contribution in [0.4, 0.5) is 0 Å². The van der Waals surface area contributed by atoms with Gasteiger partial charge < -0.3 is 9.64 Å². The van der Waals surface area contributed by atoms with Crippen molar-refractivity contribution in [2.24, 2.45) is 5.14 Å². The predicted molar refractivity (Wildman–Crippen MR) is 54.6 cm³/mol. The van der Waals surface area contributed by atoms with Crippen molar-refractivity contribution in [3.8, 4) is 0 Å². The molecular weight excluding hydrogens is 220 g/mol. The second kappa shape index (κ2) is 4.91. The summed E-state index contributed by atoms with van der Waals surface area (Å²) in [5.41, 5.74) is 0. The van der Waals surface area contributed by atoms with Crippen molar-refractivity contribution in [2.45, 2.75) is 18.1 Å². The Kier molecular flexibility index (Phi) is 4.06. The molecule has 1 aliphatic rings. The van der Waals surface area contributed by atoms with Crippen molar-refractivity contribution >= 4 is 15.9 Å². The summed E-state index contributed by atoms with van der Waals surface area (Å²) in [7, 11) is -2.01. The first-order valence-electron chi connectivity index (χ1n) is 4.73. The molecule has 0 spiro atoms. The molecule has 0 aromatic rings. The summed E-state index contributed by atoms with van der Waals surface area (Å²) in [6.07, 6.45) is 0.714. The lowest BCUT2D eigenvalue weighted by Crippen LogP contribution is -2.32. The van der Waals surface area contributed by atoms with Crippen LogP contribution in [0.2, 0.25) is 0 Å². The summed E-state index contributed by atoms with van der Waals surface area (Å²) in [4.78, 5) is 12.9. The van der Waals surface area contributed by atoms with Gasteiger partial charge in [-0.1, -0.05) is 0 Å². The fourth-order valence-corrected chi connectivity index (χ4v) is 2.33. The maximum Gasteiger partial charge on any atom is 0.224 e. The highest BCUT2D eigenvalue weighted by Gasteiger charge is 2.35. The molecule has 1 heterocycles. The highest BCUT2D eigenvalue weighted by atomic mass is 32.2. The van der Waals surface area contributed by atoms with Gasteiger partial charge in [0.15, 0.2) is 0 Å². The molecule has 0 radical (unpaired) electrons. The normalized spacial score (nSPS) is 22.4. The minimum absolute atomic E-state index is 0.00577. The average molecular weight is 236 g/mol.